The van der Waals surface area contributed by atoms with Crippen LogP contribution in [0.1, 0.15) is 12.0 Å². The Hall–Kier alpha value is -2.02. The summed E-state index contributed by atoms with van der Waals surface area (Å²) in [5.41, 5.74) is 2.56. The third-order valence-electron chi connectivity index (χ3n) is 4.24. The van der Waals surface area contributed by atoms with Gasteiger partial charge in [0.25, 0.3) is 0 Å². The minimum Gasteiger partial charge on any atom is -0.371 e. The fourth-order valence-corrected chi connectivity index (χ4v) is 3.62. The molecule has 1 aliphatic heterocycles. The van der Waals surface area contributed by atoms with E-state index in [1.807, 2.05) is 11.6 Å². The fraction of sp³-hybridized carbons (Fsp3) is 0.471. The number of thioether (sulfide) groups is 1. The van der Waals surface area contributed by atoms with Crippen LogP contribution in [0.2, 0.25) is 0 Å². The molecule has 3 rings (SSSR count). The van der Waals surface area contributed by atoms with Crippen molar-refractivity contribution in [3.63, 3.8) is 0 Å². The lowest BCUT2D eigenvalue weighted by Gasteiger charge is -2.19. The summed E-state index contributed by atoms with van der Waals surface area (Å²) in [7, 11) is 1.87. The van der Waals surface area contributed by atoms with Crippen molar-refractivity contribution in [3.05, 3.63) is 36.2 Å². The van der Waals surface area contributed by atoms with Crippen LogP contribution in [-0.2, 0) is 11.8 Å². The number of hydrogen-bond donors (Lipinski definition) is 1. The molecule has 0 spiro atoms. The van der Waals surface area contributed by atoms with Gasteiger partial charge in [0, 0.05) is 32.4 Å². The van der Waals surface area contributed by atoms with E-state index in [9.17, 15) is 4.79 Å². The van der Waals surface area contributed by atoms with Gasteiger partial charge in [-0.3, -0.25) is 4.79 Å². The summed E-state index contributed by atoms with van der Waals surface area (Å²) in [6.07, 6.45) is 2.75. The molecule has 6 nitrogen and oxygen atoms in total. The van der Waals surface area contributed by atoms with E-state index in [0.29, 0.717) is 11.7 Å². The van der Waals surface area contributed by atoms with Crippen LogP contribution in [0.3, 0.4) is 0 Å². The molecule has 1 amide bonds. The average Bonchev–Trinajstić information content (AvgIpc) is 3.20. The summed E-state index contributed by atoms with van der Waals surface area (Å²) >= 11 is 1.41. The van der Waals surface area contributed by atoms with Crippen LogP contribution in [0.5, 0.6) is 0 Å². The third kappa shape index (κ3) is 4.29. The molecule has 0 radical (unpaired) electrons. The van der Waals surface area contributed by atoms with Crippen molar-refractivity contribution in [1.82, 2.24) is 20.1 Å². The summed E-state index contributed by atoms with van der Waals surface area (Å²) in [6.45, 7) is 4.91. The maximum atomic E-state index is 12.0. The molecule has 1 N–H and O–H groups in total. The zero-order valence-electron chi connectivity index (χ0n) is 14.1. The predicted octanol–water partition coefficient (Wildman–Crippen LogP) is 1.86. The molecule has 24 heavy (non-hydrogen) atoms. The minimum absolute atomic E-state index is 0.0528. The second-order valence-electron chi connectivity index (χ2n) is 6.26. The van der Waals surface area contributed by atoms with E-state index < -0.39 is 0 Å². The SMILES string of the molecule is Cc1cccc(N2CC[C@H](CNC(=O)CSc3nncn3C)C2)c1. The third-order valence-corrected chi connectivity index (χ3v) is 5.28. The zero-order valence-corrected chi connectivity index (χ0v) is 14.9. The van der Waals surface area contributed by atoms with Crippen LogP contribution in [0, 0.1) is 12.8 Å². The van der Waals surface area contributed by atoms with Crippen molar-refractivity contribution in [1.29, 1.82) is 0 Å². The average molecular weight is 345 g/mol. The Morgan fingerprint density at radius 1 is 1.46 bits per heavy atom. The van der Waals surface area contributed by atoms with Gasteiger partial charge in [-0.1, -0.05) is 23.9 Å². The second kappa shape index (κ2) is 7.70. The molecule has 1 fully saturated rings. The van der Waals surface area contributed by atoms with Crippen molar-refractivity contribution in [2.45, 2.75) is 18.5 Å². The van der Waals surface area contributed by atoms with Crippen molar-refractivity contribution in [2.24, 2.45) is 13.0 Å². The highest BCUT2D eigenvalue weighted by molar-refractivity contribution is 7.99. The molecule has 1 aliphatic rings. The van der Waals surface area contributed by atoms with Gasteiger partial charge in [0.15, 0.2) is 5.16 Å². The molecule has 7 heteroatoms. The fourth-order valence-electron chi connectivity index (χ4n) is 2.90. The number of hydrogen-bond acceptors (Lipinski definition) is 5. The Morgan fingerprint density at radius 3 is 3.08 bits per heavy atom. The van der Waals surface area contributed by atoms with E-state index in [4.69, 9.17) is 0 Å². The van der Waals surface area contributed by atoms with Gasteiger partial charge >= 0.3 is 0 Å². The highest BCUT2D eigenvalue weighted by atomic mass is 32.2. The first-order valence-corrected chi connectivity index (χ1v) is 9.15. The number of nitrogens with zero attached hydrogens (tertiary/aromatic N) is 4. The van der Waals surface area contributed by atoms with Gasteiger partial charge in [0.2, 0.25) is 5.91 Å². The number of aryl methyl sites for hydroxylation is 2. The van der Waals surface area contributed by atoms with Gasteiger partial charge in [-0.05, 0) is 37.0 Å². The molecule has 2 heterocycles. The smallest absolute Gasteiger partial charge is 0.230 e. The summed E-state index contributed by atoms with van der Waals surface area (Å²) < 4.78 is 1.81. The maximum Gasteiger partial charge on any atom is 0.230 e. The molecule has 128 valence electrons. The van der Waals surface area contributed by atoms with Crippen molar-refractivity contribution < 1.29 is 4.79 Å². The summed E-state index contributed by atoms with van der Waals surface area (Å²) in [6, 6.07) is 8.60. The standard InChI is InChI=1S/C17H23N5OS/c1-13-4-3-5-15(8-13)22-7-6-14(10-22)9-18-16(23)11-24-17-20-19-12-21(17)2/h3-5,8,12,14H,6-7,9-11H2,1-2H3,(H,18,23)/t14-/m1/s1. The zero-order chi connectivity index (χ0) is 16.9. The quantitative estimate of drug-likeness (QED) is 0.810. The topological polar surface area (TPSA) is 63.1 Å². The van der Waals surface area contributed by atoms with Crippen molar-refractivity contribution >= 4 is 23.4 Å². The molecule has 0 bridgehead atoms. The lowest BCUT2D eigenvalue weighted by atomic mass is 10.1. The number of carbonyl (C=O) groups is 1. The summed E-state index contributed by atoms with van der Waals surface area (Å²) in [5.74, 6) is 0.937. The molecule has 1 atom stereocenters. The lowest BCUT2D eigenvalue weighted by Crippen LogP contribution is -2.32. The van der Waals surface area contributed by atoms with Crippen LogP contribution in [0.15, 0.2) is 35.7 Å². The Kier molecular flexibility index (Phi) is 5.40. The van der Waals surface area contributed by atoms with Gasteiger partial charge in [0.1, 0.15) is 6.33 Å². The predicted molar refractivity (Wildman–Crippen MR) is 96.2 cm³/mol. The summed E-state index contributed by atoms with van der Waals surface area (Å²) in [5, 5.41) is 11.6. The normalized spacial score (nSPS) is 17.2. The monoisotopic (exact) mass is 345 g/mol. The summed E-state index contributed by atoms with van der Waals surface area (Å²) in [4.78, 5) is 14.4. The van der Waals surface area contributed by atoms with Gasteiger partial charge in [-0.15, -0.1) is 10.2 Å². The Balaban J connectivity index is 1.41. The van der Waals surface area contributed by atoms with Crippen LogP contribution in [0.4, 0.5) is 5.69 Å². The van der Waals surface area contributed by atoms with E-state index in [1.54, 1.807) is 6.33 Å². The Labute approximate surface area is 146 Å². The Bertz CT molecular complexity index is 702. The molecule has 0 saturated carbocycles. The van der Waals surface area contributed by atoms with E-state index in [2.05, 4.69) is 51.6 Å². The molecular weight excluding hydrogens is 322 g/mol. The van der Waals surface area contributed by atoms with Crippen LogP contribution in [-0.4, -0.2) is 46.1 Å². The molecule has 0 aliphatic carbocycles. The van der Waals surface area contributed by atoms with Gasteiger partial charge in [-0.25, -0.2) is 0 Å². The molecule has 1 aromatic carbocycles. The van der Waals surface area contributed by atoms with E-state index in [1.165, 1.54) is 23.0 Å². The van der Waals surface area contributed by atoms with Crippen LogP contribution in [0.25, 0.3) is 0 Å². The number of amides is 1. The highest BCUT2D eigenvalue weighted by Gasteiger charge is 2.23. The van der Waals surface area contributed by atoms with E-state index in [0.717, 1.165) is 31.2 Å². The van der Waals surface area contributed by atoms with E-state index in [-0.39, 0.29) is 5.91 Å². The van der Waals surface area contributed by atoms with Crippen LogP contribution < -0.4 is 10.2 Å². The van der Waals surface area contributed by atoms with Gasteiger partial charge in [-0.2, -0.15) is 0 Å². The molecule has 1 saturated heterocycles. The van der Waals surface area contributed by atoms with Gasteiger partial charge < -0.3 is 14.8 Å². The number of carbonyl (C=O) groups excluding carboxylic acids is 1. The number of rotatable bonds is 6. The minimum atomic E-state index is 0.0528. The number of aromatic nitrogens is 3. The van der Waals surface area contributed by atoms with Crippen molar-refractivity contribution in [3.8, 4) is 0 Å². The molecule has 0 unspecified atom stereocenters. The number of nitrogens with one attached hydrogen (secondary N) is 1. The first-order chi connectivity index (χ1) is 11.6. The number of anilines is 1. The largest absolute Gasteiger partial charge is 0.371 e. The Morgan fingerprint density at radius 2 is 2.33 bits per heavy atom. The lowest BCUT2D eigenvalue weighted by molar-refractivity contribution is -0.118. The maximum absolute atomic E-state index is 12.0. The van der Waals surface area contributed by atoms with Crippen LogP contribution >= 0.6 is 11.8 Å². The van der Waals surface area contributed by atoms with Crippen molar-refractivity contribution in [2.75, 3.05) is 30.3 Å². The first kappa shape index (κ1) is 16.8. The highest BCUT2D eigenvalue weighted by Crippen LogP contribution is 2.24. The second-order valence-corrected chi connectivity index (χ2v) is 7.20. The molecular formula is C17H23N5OS. The van der Waals surface area contributed by atoms with Gasteiger partial charge in [0.05, 0.1) is 5.75 Å². The number of benzene rings is 1. The first-order valence-electron chi connectivity index (χ1n) is 8.17. The molecule has 2 aromatic rings. The molecule has 1 aromatic heterocycles. The van der Waals surface area contributed by atoms with E-state index >= 15 is 0 Å².